The molecule has 1 aromatic rings. The molecule has 1 rings (SSSR count). The molecular formula is C11H15ClN2O5S. The van der Waals surface area contributed by atoms with Gasteiger partial charge in [0.2, 0.25) is 10.0 Å². The van der Waals surface area contributed by atoms with Gasteiger partial charge >= 0.3 is 0 Å². The molecule has 0 saturated carbocycles. The van der Waals surface area contributed by atoms with E-state index >= 15 is 0 Å². The van der Waals surface area contributed by atoms with Gasteiger partial charge in [0, 0.05) is 24.7 Å². The molecule has 0 aliphatic rings. The van der Waals surface area contributed by atoms with Crippen molar-refractivity contribution >= 4 is 27.3 Å². The van der Waals surface area contributed by atoms with E-state index in [0.717, 1.165) is 16.4 Å². The van der Waals surface area contributed by atoms with Crippen LogP contribution in [-0.2, 0) is 10.0 Å². The Bertz CT molecular complexity index is 603. The number of nitrogens with zero attached hydrogens (tertiary/aromatic N) is 2. The zero-order valence-corrected chi connectivity index (χ0v) is 12.6. The van der Waals surface area contributed by atoms with Crippen LogP contribution in [0.1, 0.15) is 13.8 Å². The van der Waals surface area contributed by atoms with Crippen molar-refractivity contribution in [1.82, 2.24) is 4.31 Å². The van der Waals surface area contributed by atoms with Crippen molar-refractivity contribution < 1.29 is 18.4 Å². The molecular weight excluding hydrogens is 308 g/mol. The molecule has 0 saturated heterocycles. The summed E-state index contributed by atoms with van der Waals surface area (Å²) in [6.07, 6.45) is 0. The molecule has 1 N–H and O–H groups in total. The molecule has 0 aliphatic carbocycles. The summed E-state index contributed by atoms with van der Waals surface area (Å²) < 4.78 is 26.0. The Balaban J connectivity index is 3.40. The number of hydrogen-bond acceptors (Lipinski definition) is 5. The molecule has 0 bridgehead atoms. The second-order valence-corrected chi connectivity index (χ2v) is 6.57. The van der Waals surface area contributed by atoms with Crippen molar-refractivity contribution in [3.05, 3.63) is 33.3 Å². The minimum Gasteiger partial charge on any atom is -0.395 e. The smallest absolute Gasteiger partial charge is 0.270 e. The van der Waals surface area contributed by atoms with Gasteiger partial charge in [0.05, 0.1) is 16.6 Å². The summed E-state index contributed by atoms with van der Waals surface area (Å²) in [5.41, 5.74) is -0.360. The van der Waals surface area contributed by atoms with E-state index in [4.69, 9.17) is 16.7 Å². The molecule has 0 amide bonds. The number of non-ortho nitro benzene ring substituents is 1. The number of nitro groups is 1. The Morgan fingerprint density at radius 2 is 2.05 bits per heavy atom. The number of nitro benzene ring substituents is 1. The molecule has 0 atom stereocenters. The highest BCUT2D eigenvalue weighted by molar-refractivity contribution is 7.89. The van der Waals surface area contributed by atoms with Crippen LogP contribution in [0.25, 0.3) is 0 Å². The average molecular weight is 323 g/mol. The van der Waals surface area contributed by atoms with Crippen molar-refractivity contribution in [3.63, 3.8) is 0 Å². The van der Waals surface area contributed by atoms with Crippen LogP contribution >= 0.6 is 11.6 Å². The second kappa shape index (κ2) is 6.49. The predicted molar refractivity (Wildman–Crippen MR) is 74.2 cm³/mol. The maximum atomic E-state index is 12.5. The fourth-order valence-electron chi connectivity index (χ4n) is 1.68. The second-order valence-electron chi connectivity index (χ2n) is 4.30. The summed E-state index contributed by atoms with van der Waals surface area (Å²) in [7, 11) is -4.01. The van der Waals surface area contributed by atoms with Gasteiger partial charge in [0.1, 0.15) is 4.90 Å². The Morgan fingerprint density at radius 1 is 1.45 bits per heavy atom. The Hall–Kier alpha value is -1.22. The molecule has 9 heteroatoms. The average Bonchev–Trinajstić information content (AvgIpc) is 2.35. The molecule has 20 heavy (non-hydrogen) atoms. The first kappa shape index (κ1) is 16.8. The lowest BCUT2D eigenvalue weighted by Gasteiger charge is -2.25. The highest BCUT2D eigenvalue weighted by Gasteiger charge is 2.30. The van der Waals surface area contributed by atoms with Crippen molar-refractivity contribution in [2.24, 2.45) is 0 Å². The zero-order chi connectivity index (χ0) is 15.5. The number of sulfonamides is 1. The first-order chi connectivity index (χ1) is 9.21. The maximum absolute atomic E-state index is 12.5. The number of benzene rings is 1. The third-order valence-corrected chi connectivity index (χ3v) is 5.17. The normalized spacial score (nSPS) is 12.1. The van der Waals surface area contributed by atoms with Gasteiger partial charge in [-0.05, 0) is 19.9 Å². The lowest BCUT2D eigenvalue weighted by Crippen LogP contribution is -2.39. The van der Waals surface area contributed by atoms with Crippen LogP contribution < -0.4 is 0 Å². The monoisotopic (exact) mass is 322 g/mol. The van der Waals surface area contributed by atoms with E-state index in [1.54, 1.807) is 13.8 Å². The van der Waals surface area contributed by atoms with Crippen LogP contribution in [0.15, 0.2) is 23.1 Å². The summed E-state index contributed by atoms with van der Waals surface area (Å²) in [6.45, 7) is 2.81. The first-order valence-corrected chi connectivity index (χ1v) is 7.60. The highest BCUT2D eigenvalue weighted by atomic mass is 35.5. The van der Waals surface area contributed by atoms with E-state index in [1.165, 1.54) is 6.07 Å². The quantitative estimate of drug-likeness (QED) is 0.633. The van der Waals surface area contributed by atoms with Gasteiger partial charge in [-0.3, -0.25) is 10.1 Å². The molecule has 0 fully saturated rings. The molecule has 0 radical (unpaired) electrons. The topological polar surface area (TPSA) is 101 Å². The molecule has 112 valence electrons. The van der Waals surface area contributed by atoms with E-state index in [9.17, 15) is 18.5 Å². The summed E-state index contributed by atoms with van der Waals surface area (Å²) >= 11 is 5.84. The van der Waals surface area contributed by atoms with E-state index < -0.39 is 21.0 Å². The van der Waals surface area contributed by atoms with Crippen LogP contribution in [-0.4, -0.2) is 41.9 Å². The van der Waals surface area contributed by atoms with E-state index in [2.05, 4.69) is 0 Å². The van der Waals surface area contributed by atoms with E-state index in [-0.39, 0.29) is 28.8 Å². The number of hydrogen-bond donors (Lipinski definition) is 1. The first-order valence-electron chi connectivity index (χ1n) is 5.78. The largest absolute Gasteiger partial charge is 0.395 e. The van der Waals surface area contributed by atoms with Crippen LogP contribution in [0.3, 0.4) is 0 Å². The van der Waals surface area contributed by atoms with Gasteiger partial charge in [-0.25, -0.2) is 8.42 Å². The molecule has 0 heterocycles. The fraction of sp³-hybridized carbons (Fsp3) is 0.455. The fourth-order valence-corrected chi connectivity index (χ4v) is 3.81. The summed E-state index contributed by atoms with van der Waals surface area (Å²) in [5, 5.41) is 19.6. The molecule has 1 aromatic carbocycles. The Morgan fingerprint density at radius 3 is 2.50 bits per heavy atom. The third kappa shape index (κ3) is 3.45. The van der Waals surface area contributed by atoms with Gasteiger partial charge in [0.25, 0.3) is 5.69 Å². The third-order valence-electron chi connectivity index (χ3n) is 2.61. The molecule has 0 aliphatic heterocycles. The van der Waals surface area contributed by atoms with Crippen molar-refractivity contribution in [2.75, 3.05) is 13.2 Å². The van der Waals surface area contributed by atoms with Gasteiger partial charge < -0.3 is 5.11 Å². The maximum Gasteiger partial charge on any atom is 0.270 e. The minimum atomic E-state index is -4.01. The standard InChI is InChI=1S/C11H15ClN2O5S/c1-8(2)13(5-6-15)20(18,19)11-7-9(14(16)17)3-4-10(11)12/h3-4,7-8,15H,5-6H2,1-2H3. The minimum absolute atomic E-state index is 0.0980. The van der Waals surface area contributed by atoms with Gasteiger partial charge in [0.15, 0.2) is 0 Å². The highest BCUT2D eigenvalue weighted by Crippen LogP contribution is 2.29. The SMILES string of the molecule is CC(C)N(CCO)S(=O)(=O)c1cc([N+](=O)[O-])ccc1Cl. The summed E-state index contributed by atoms with van der Waals surface area (Å²) in [4.78, 5) is 9.70. The summed E-state index contributed by atoms with van der Waals surface area (Å²) in [5.74, 6) is 0. The molecule has 0 spiro atoms. The molecule has 0 aromatic heterocycles. The van der Waals surface area contributed by atoms with Gasteiger partial charge in [-0.2, -0.15) is 4.31 Å². The number of aliphatic hydroxyl groups is 1. The van der Waals surface area contributed by atoms with Crippen LogP contribution in [0.2, 0.25) is 5.02 Å². The van der Waals surface area contributed by atoms with E-state index in [0.29, 0.717) is 0 Å². The van der Waals surface area contributed by atoms with Crippen LogP contribution in [0.4, 0.5) is 5.69 Å². The van der Waals surface area contributed by atoms with Crippen molar-refractivity contribution in [1.29, 1.82) is 0 Å². The van der Waals surface area contributed by atoms with Crippen LogP contribution in [0.5, 0.6) is 0 Å². The van der Waals surface area contributed by atoms with Crippen LogP contribution in [0, 0.1) is 10.1 Å². The molecule has 0 unspecified atom stereocenters. The van der Waals surface area contributed by atoms with Gasteiger partial charge in [-0.15, -0.1) is 0 Å². The number of aliphatic hydroxyl groups excluding tert-OH is 1. The van der Waals surface area contributed by atoms with Crippen molar-refractivity contribution in [2.45, 2.75) is 24.8 Å². The predicted octanol–water partition coefficient (Wildman–Crippen LogP) is 1.64. The Kier molecular flexibility index (Phi) is 5.46. The Labute approximate surface area is 122 Å². The lowest BCUT2D eigenvalue weighted by atomic mass is 10.3. The van der Waals surface area contributed by atoms with Crippen molar-refractivity contribution in [3.8, 4) is 0 Å². The number of rotatable bonds is 6. The van der Waals surface area contributed by atoms with Gasteiger partial charge in [-0.1, -0.05) is 11.6 Å². The number of halogens is 1. The molecule has 7 nitrogen and oxygen atoms in total. The zero-order valence-electron chi connectivity index (χ0n) is 11.0. The lowest BCUT2D eigenvalue weighted by molar-refractivity contribution is -0.385. The van der Waals surface area contributed by atoms with E-state index in [1.807, 2.05) is 0 Å². The summed E-state index contributed by atoms with van der Waals surface area (Å²) in [6, 6.07) is 2.81.